The number of benzene rings is 1. The van der Waals surface area contributed by atoms with Crippen molar-refractivity contribution >= 4 is 33.3 Å². The monoisotopic (exact) mass is 362 g/mol. The van der Waals surface area contributed by atoms with Gasteiger partial charge in [-0.05, 0) is 63.6 Å². The summed E-state index contributed by atoms with van der Waals surface area (Å²) in [7, 11) is 0. The van der Waals surface area contributed by atoms with Gasteiger partial charge in [-0.1, -0.05) is 15.9 Å². The van der Waals surface area contributed by atoms with Gasteiger partial charge >= 0.3 is 0 Å². The van der Waals surface area contributed by atoms with Crippen molar-refractivity contribution in [1.29, 1.82) is 0 Å². The number of carbonyl (C=O) groups is 1. The van der Waals surface area contributed by atoms with Gasteiger partial charge < -0.3 is 10.6 Å². The molecule has 0 bridgehead atoms. The maximum Gasteiger partial charge on any atom is 0.276 e. The standard InChI is InChI=1S/C16H19BrN4O/c1-10-9-11(17)5-6-12(10)18-15(22)13-7-8-14(21-20-13)19-16(2,3)4/h5-9H,1-4H3,(H,18,22)(H,19,21). The molecule has 0 aliphatic carbocycles. The third-order valence-electron chi connectivity index (χ3n) is 2.84. The Morgan fingerprint density at radius 3 is 2.41 bits per heavy atom. The fourth-order valence-corrected chi connectivity index (χ4v) is 2.33. The van der Waals surface area contributed by atoms with Crippen LogP contribution in [0.4, 0.5) is 11.5 Å². The molecule has 6 heteroatoms. The van der Waals surface area contributed by atoms with Crippen LogP contribution in [-0.4, -0.2) is 21.6 Å². The highest BCUT2D eigenvalue weighted by atomic mass is 79.9. The van der Waals surface area contributed by atoms with Crippen LogP contribution in [0.25, 0.3) is 0 Å². The predicted molar refractivity (Wildman–Crippen MR) is 92.2 cm³/mol. The Hall–Kier alpha value is -1.95. The molecule has 1 aromatic carbocycles. The van der Waals surface area contributed by atoms with E-state index in [1.807, 2.05) is 45.9 Å². The van der Waals surface area contributed by atoms with Crippen molar-refractivity contribution < 1.29 is 4.79 Å². The summed E-state index contributed by atoms with van der Waals surface area (Å²) in [6, 6.07) is 9.08. The average molecular weight is 363 g/mol. The molecular formula is C16H19BrN4O. The van der Waals surface area contributed by atoms with E-state index in [9.17, 15) is 4.79 Å². The molecule has 2 rings (SSSR count). The van der Waals surface area contributed by atoms with E-state index in [2.05, 4.69) is 36.8 Å². The van der Waals surface area contributed by atoms with Gasteiger partial charge in [-0.15, -0.1) is 10.2 Å². The Balaban J connectivity index is 2.10. The zero-order valence-corrected chi connectivity index (χ0v) is 14.7. The molecule has 1 amide bonds. The molecule has 116 valence electrons. The topological polar surface area (TPSA) is 66.9 Å². The third kappa shape index (κ3) is 4.53. The summed E-state index contributed by atoms with van der Waals surface area (Å²) in [5, 5.41) is 14.0. The summed E-state index contributed by atoms with van der Waals surface area (Å²) in [4.78, 5) is 12.2. The number of nitrogens with zero attached hydrogens (tertiary/aromatic N) is 2. The minimum atomic E-state index is -0.278. The van der Waals surface area contributed by atoms with Crippen molar-refractivity contribution in [2.24, 2.45) is 0 Å². The Morgan fingerprint density at radius 1 is 1.14 bits per heavy atom. The summed E-state index contributed by atoms with van der Waals surface area (Å²) in [5.74, 6) is 0.365. The molecule has 2 aromatic rings. The van der Waals surface area contributed by atoms with Crippen LogP contribution in [0.5, 0.6) is 0 Å². The number of aromatic nitrogens is 2. The van der Waals surface area contributed by atoms with Gasteiger partial charge in [0.15, 0.2) is 5.69 Å². The lowest BCUT2D eigenvalue weighted by Crippen LogP contribution is -2.27. The van der Waals surface area contributed by atoms with E-state index in [1.54, 1.807) is 12.1 Å². The maximum atomic E-state index is 12.2. The number of nitrogens with one attached hydrogen (secondary N) is 2. The first-order valence-electron chi connectivity index (χ1n) is 6.94. The smallest absolute Gasteiger partial charge is 0.276 e. The SMILES string of the molecule is Cc1cc(Br)ccc1NC(=O)c1ccc(NC(C)(C)C)nn1. The van der Waals surface area contributed by atoms with Crippen LogP contribution in [0.1, 0.15) is 36.8 Å². The lowest BCUT2D eigenvalue weighted by molar-refractivity contribution is 0.102. The summed E-state index contributed by atoms with van der Waals surface area (Å²) >= 11 is 3.40. The molecule has 0 aliphatic heterocycles. The molecule has 0 saturated carbocycles. The summed E-state index contributed by atoms with van der Waals surface area (Å²) < 4.78 is 0.973. The molecule has 1 aromatic heterocycles. The average Bonchev–Trinajstić information content (AvgIpc) is 2.41. The highest BCUT2D eigenvalue weighted by molar-refractivity contribution is 9.10. The lowest BCUT2D eigenvalue weighted by Gasteiger charge is -2.20. The van der Waals surface area contributed by atoms with E-state index >= 15 is 0 Å². The van der Waals surface area contributed by atoms with Crippen LogP contribution in [0.2, 0.25) is 0 Å². The largest absolute Gasteiger partial charge is 0.364 e. The number of anilines is 2. The Bertz CT molecular complexity index is 678. The first-order chi connectivity index (χ1) is 10.2. The van der Waals surface area contributed by atoms with Gasteiger partial charge in [0.2, 0.25) is 0 Å². The summed E-state index contributed by atoms with van der Waals surface area (Å²) in [5.41, 5.74) is 1.91. The Kier molecular flexibility index (Phi) is 4.81. The first kappa shape index (κ1) is 16.4. The summed E-state index contributed by atoms with van der Waals surface area (Å²) in [6.07, 6.45) is 0. The van der Waals surface area contributed by atoms with Crippen LogP contribution >= 0.6 is 15.9 Å². The van der Waals surface area contributed by atoms with Crippen molar-refractivity contribution in [3.63, 3.8) is 0 Å². The molecule has 0 saturated heterocycles. The van der Waals surface area contributed by atoms with Crippen molar-refractivity contribution in [2.45, 2.75) is 33.2 Å². The lowest BCUT2D eigenvalue weighted by atomic mass is 10.1. The minimum Gasteiger partial charge on any atom is -0.364 e. The molecule has 0 fully saturated rings. The molecule has 5 nitrogen and oxygen atoms in total. The van der Waals surface area contributed by atoms with E-state index in [0.717, 1.165) is 15.7 Å². The molecular weight excluding hydrogens is 344 g/mol. The fraction of sp³-hybridized carbons (Fsp3) is 0.312. The fourth-order valence-electron chi connectivity index (χ4n) is 1.86. The molecule has 22 heavy (non-hydrogen) atoms. The Morgan fingerprint density at radius 2 is 1.86 bits per heavy atom. The number of carbonyl (C=O) groups excluding carboxylic acids is 1. The number of halogens is 1. The zero-order chi connectivity index (χ0) is 16.3. The number of aryl methyl sites for hydroxylation is 1. The van der Waals surface area contributed by atoms with Gasteiger partial charge in [0.25, 0.3) is 5.91 Å². The van der Waals surface area contributed by atoms with Gasteiger partial charge in [0, 0.05) is 15.7 Å². The quantitative estimate of drug-likeness (QED) is 0.865. The van der Waals surface area contributed by atoms with Crippen LogP contribution in [0, 0.1) is 6.92 Å². The zero-order valence-electron chi connectivity index (χ0n) is 13.1. The van der Waals surface area contributed by atoms with Crippen LogP contribution in [-0.2, 0) is 0 Å². The molecule has 0 atom stereocenters. The second-order valence-electron chi connectivity index (χ2n) is 6.09. The number of rotatable bonds is 3. The molecule has 2 N–H and O–H groups in total. The number of amides is 1. The number of hydrogen-bond donors (Lipinski definition) is 2. The number of hydrogen-bond acceptors (Lipinski definition) is 4. The van der Waals surface area contributed by atoms with Crippen LogP contribution in [0.3, 0.4) is 0 Å². The van der Waals surface area contributed by atoms with E-state index < -0.39 is 0 Å². The van der Waals surface area contributed by atoms with E-state index in [-0.39, 0.29) is 17.1 Å². The third-order valence-corrected chi connectivity index (χ3v) is 3.33. The van der Waals surface area contributed by atoms with Gasteiger partial charge in [0.1, 0.15) is 5.82 Å². The van der Waals surface area contributed by atoms with Crippen molar-refractivity contribution in [3.8, 4) is 0 Å². The van der Waals surface area contributed by atoms with Gasteiger partial charge in [-0.25, -0.2) is 0 Å². The van der Waals surface area contributed by atoms with Crippen molar-refractivity contribution in [1.82, 2.24) is 10.2 Å². The van der Waals surface area contributed by atoms with Crippen LogP contribution in [0.15, 0.2) is 34.8 Å². The highest BCUT2D eigenvalue weighted by Crippen LogP contribution is 2.20. The first-order valence-corrected chi connectivity index (χ1v) is 7.73. The minimum absolute atomic E-state index is 0.104. The molecule has 1 heterocycles. The van der Waals surface area contributed by atoms with Gasteiger partial charge in [-0.3, -0.25) is 4.79 Å². The van der Waals surface area contributed by atoms with E-state index in [4.69, 9.17) is 0 Å². The van der Waals surface area contributed by atoms with E-state index in [0.29, 0.717) is 5.82 Å². The molecule has 0 radical (unpaired) electrons. The normalized spacial score (nSPS) is 11.1. The highest BCUT2D eigenvalue weighted by Gasteiger charge is 2.13. The molecule has 0 unspecified atom stereocenters. The maximum absolute atomic E-state index is 12.2. The van der Waals surface area contributed by atoms with Gasteiger partial charge in [0.05, 0.1) is 0 Å². The molecule has 0 aliphatic rings. The van der Waals surface area contributed by atoms with Crippen LogP contribution < -0.4 is 10.6 Å². The second kappa shape index (κ2) is 6.44. The second-order valence-corrected chi connectivity index (χ2v) is 7.01. The summed E-state index contributed by atoms with van der Waals surface area (Å²) in [6.45, 7) is 8.03. The molecule has 0 spiro atoms. The van der Waals surface area contributed by atoms with E-state index in [1.165, 1.54) is 0 Å². The van der Waals surface area contributed by atoms with Gasteiger partial charge in [-0.2, -0.15) is 0 Å². The Labute approximate surface area is 138 Å². The van der Waals surface area contributed by atoms with Crippen molar-refractivity contribution in [2.75, 3.05) is 10.6 Å². The predicted octanol–water partition coefficient (Wildman–Crippen LogP) is 4.01. The van der Waals surface area contributed by atoms with Crippen molar-refractivity contribution in [3.05, 3.63) is 46.1 Å².